The SMILES string of the molecule is O=C(O)[C@@H]1CC(Cl)CN1C(=O)c1ccccc1. The molecule has 1 unspecified atom stereocenters. The number of nitrogens with zero attached hydrogens (tertiary/aromatic N) is 1. The first kappa shape index (κ1) is 11.9. The van der Waals surface area contributed by atoms with Crippen molar-refractivity contribution in [2.75, 3.05) is 6.54 Å². The number of halogens is 1. The van der Waals surface area contributed by atoms with Gasteiger partial charge in [-0.05, 0) is 18.6 Å². The molecule has 1 saturated heterocycles. The lowest BCUT2D eigenvalue weighted by Crippen LogP contribution is -2.40. The summed E-state index contributed by atoms with van der Waals surface area (Å²) < 4.78 is 0. The lowest BCUT2D eigenvalue weighted by atomic mass is 10.1. The number of carbonyl (C=O) groups is 2. The molecule has 4 nitrogen and oxygen atoms in total. The van der Waals surface area contributed by atoms with Crippen molar-refractivity contribution in [2.24, 2.45) is 0 Å². The summed E-state index contributed by atoms with van der Waals surface area (Å²) >= 11 is 5.92. The normalized spacial score (nSPS) is 23.7. The number of rotatable bonds is 2. The quantitative estimate of drug-likeness (QED) is 0.815. The van der Waals surface area contributed by atoms with Crippen LogP contribution in [0.2, 0.25) is 0 Å². The first-order valence-corrected chi connectivity index (χ1v) is 5.76. The Bertz CT molecular complexity index is 435. The van der Waals surface area contributed by atoms with E-state index in [0.717, 1.165) is 0 Å². The summed E-state index contributed by atoms with van der Waals surface area (Å²) in [5, 5.41) is 8.76. The topological polar surface area (TPSA) is 57.6 Å². The Hall–Kier alpha value is -1.55. The summed E-state index contributed by atoms with van der Waals surface area (Å²) in [6, 6.07) is 7.82. The number of carbonyl (C=O) groups excluding carboxylic acids is 1. The number of alkyl halides is 1. The Kier molecular flexibility index (Phi) is 3.33. The molecule has 0 spiro atoms. The van der Waals surface area contributed by atoms with E-state index in [1.165, 1.54) is 4.90 Å². The third-order valence-electron chi connectivity index (χ3n) is 2.82. The largest absolute Gasteiger partial charge is 0.480 e. The average molecular weight is 254 g/mol. The maximum absolute atomic E-state index is 12.1. The Labute approximate surface area is 104 Å². The van der Waals surface area contributed by atoms with Gasteiger partial charge in [-0.2, -0.15) is 0 Å². The molecular weight excluding hydrogens is 242 g/mol. The molecule has 2 rings (SSSR count). The molecule has 1 aromatic rings. The molecule has 5 heteroatoms. The number of hydrogen-bond acceptors (Lipinski definition) is 2. The van der Waals surface area contributed by atoms with Crippen molar-refractivity contribution in [3.05, 3.63) is 35.9 Å². The lowest BCUT2D eigenvalue weighted by molar-refractivity contribution is -0.141. The summed E-state index contributed by atoms with van der Waals surface area (Å²) in [7, 11) is 0. The van der Waals surface area contributed by atoms with Gasteiger partial charge < -0.3 is 10.0 Å². The van der Waals surface area contributed by atoms with Crippen LogP contribution in [0.15, 0.2) is 30.3 Å². The van der Waals surface area contributed by atoms with E-state index in [-0.39, 0.29) is 17.8 Å². The molecule has 1 aliphatic rings. The van der Waals surface area contributed by atoms with E-state index in [2.05, 4.69) is 0 Å². The molecule has 1 amide bonds. The Morgan fingerprint density at radius 1 is 1.29 bits per heavy atom. The number of amides is 1. The third kappa shape index (κ3) is 2.42. The van der Waals surface area contributed by atoms with Gasteiger partial charge in [-0.25, -0.2) is 4.79 Å². The molecule has 0 aromatic heterocycles. The van der Waals surface area contributed by atoms with Crippen LogP contribution in [-0.4, -0.2) is 39.8 Å². The second-order valence-corrected chi connectivity index (χ2v) is 4.63. The lowest BCUT2D eigenvalue weighted by Gasteiger charge is -2.21. The molecule has 1 N–H and O–H groups in total. The average Bonchev–Trinajstić information content (AvgIpc) is 2.72. The van der Waals surface area contributed by atoms with Crippen molar-refractivity contribution in [1.29, 1.82) is 0 Å². The fourth-order valence-corrected chi connectivity index (χ4v) is 2.31. The Morgan fingerprint density at radius 2 is 1.94 bits per heavy atom. The van der Waals surface area contributed by atoms with Crippen LogP contribution in [0.3, 0.4) is 0 Å². The van der Waals surface area contributed by atoms with E-state index in [1.54, 1.807) is 30.3 Å². The van der Waals surface area contributed by atoms with E-state index in [9.17, 15) is 9.59 Å². The predicted octanol–water partition coefficient (Wildman–Crippen LogP) is 1.59. The van der Waals surface area contributed by atoms with E-state index < -0.39 is 12.0 Å². The zero-order chi connectivity index (χ0) is 12.4. The molecule has 90 valence electrons. The van der Waals surface area contributed by atoms with Gasteiger partial charge in [0.2, 0.25) is 0 Å². The molecule has 0 radical (unpaired) electrons. The Morgan fingerprint density at radius 3 is 2.53 bits per heavy atom. The van der Waals surface area contributed by atoms with Crippen molar-refractivity contribution in [2.45, 2.75) is 17.8 Å². The zero-order valence-electron chi connectivity index (χ0n) is 9.04. The van der Waals surface area contributed by atoms with Crippen molar-refractivity contribution in [3.8, 4) is 0 Å². The van der Waals surface area contributed by atoms with Crippen molar-refractivity contribution >= 4 is 23.5 Å². The third-order valence-corrected chi connectivity index (χ3v) is 3.13. The predicted molar refractivity (Wildman–Crippen MR) is 63.2 cm³/mol. The van der Waals surface area contributed by atoms with Crippen LogP contribution in [0.25, 0.3) is 0 Å². The first-order valence-electron chi connectivity index (χ1n) is 5.32. The van der Waals surface area contributed by atoms with Gasteiger partial charge in [-0.3, -0.25) is 4.79 Å². The highest BCUT2D eigenvalue weighted by Crippen LogP contribution is 2.24. The van der Waals surface area contributed by atoms with Gasteiger partial charge >= 0.3 is 5.97 Å². The van der Waals surface area contributed by atoms with Gasteiger partial charge in [-0.1, -0.05) is 18.2 Å². The van der Waals surface area contributed by atoms with E-state index in [1.807, 2.05) is 0 Å². The highest BCUT2D eigenvalue weighted by atomic mass is 35.5. The van der Waals surface area contributed by atoms with Gasteiger partial charge in [0, 0.05) is 12.1 Å². The van der Waals surface area contributed by atoms with Gasteiger partial charge in [0.25, 0.3) is 5.91 Å². The van der Waals surface area contributed by atoms with Crippen LogP contribution >= 0.6 is 11.6 Å². The van der Waals surface area contributed by atoms with Gasteiger partial charge in [0.05, 0.1) is 5.38 Å². The molecule has 0 aliphatic carbocycles. The van der Waals surface area contributed by atoms with Crippen LogP contribution in [0.5, 0.6) is 0 Å². The fourth-order valence-electron chi connectivity index (χ4n) is 1.99. The molecule has 0 saturated carbocycles. The van der Waals surface area contributed by atoms with Crippen molar-refractivity contribution in [3.63, 3.8) is 0 Å². The van der Waals surface area contributed by atoms with Crippen LogP contribution in [0.1, 0.15) is 16.8 Å². The zero-order valence-corrected chi connectivity index (χ0v) is 9.80. The highest BCUT2D eigenvalue weighted by molar-refractivity contribution is 6.21. The summed E-state index contributed by atoms with van der Waals surface area (Å²) in [5.41, 5.74) is 0.490. The van der Waals surface area contributed by atoms with Crippen molar-refractivity contribution < 1.29 is 14.7 Å². The molecule has 1 heterocycles. The summed E-state index contributed by atoms with van der Waals surface area (Å²) in [5.74, 6) is -1.28. The molecule has 17 heavy (non-hydrogen) atoms. The second-order valence-electron chi connectivity index (χ2n) is 4.01. The number of benzene rings is 1. The molecule has 2 atom stereocenters. The first-order chi connectivity index (χ1) is 8.09. The molecule has 1 aromatic carbocycles. The number of hydrogen-bond donors (Lipinski definition) is 1. The standard InChI is InChI=1S/C12H12ClNO3/c13-9-6-10(12(16)17)14(7-9)11(15)8-4-2-1-3-5-8/h1-5,9-10H,6-7H2,(H,16,17)/t9?,10-/m0/s1. The van der Waals surface area contributed by atoms with Crippen molar-refractivity contribution in [1.82, 2.24) is 4.90 Å². The van der Waals surface area contributed by atoms with Crippen LogP contribution in [0, 0.1) is 0 Å². The maximum atomic E-state index is 12.1. The summed E-state index contributed by atoms with van der Waals surface area (Å²) in [4.78, 5) is 24.5. The minimum absolute atomic E-state index is 0.277. The van der Waals surface area contributed by atoms with Gasteiger partial charge in [0.15, 0.2) is 0 Å². The van der Waals surface area contributed by atoms with Gasteiger partial charge in [0.1, 0.15) is 6.04 Å². The monoisotopic (exact) mass is 253 g/mol. The van der Waals surface area contributed by atoms with E-state index in [0.29, 0.717) is 12.0 Å². The molecule has 0 bridgehead atoms. The number of likely N-dealkylation sites (tertiary alicyclic amines) is 1. The number of carboxylic acid groups (broad SMARTS) is 1. The second kappa shape index (κ2) is 4.75. The summed E-state index contributed by atoms with van der Waals surface area (Å²) in [6.07, 6.45) is 0.301. The van der Waals surface area contributed by atoms with Gasteiger partial charge in [-0.15, -0.1) is 11.6 Å². The number of aliphatic carboxylic acids is 1. The molecule has 1 fully saturated rings. The molecular formula is C12H12ClNO3. The van der Waals surface area contributed by atoms with Crippen LogP contribution < -0.4 is 0 Å². The smallest absolute Gasteiger partial charge is 0.326 e. The van der Waals surface area contributed by atoms with Crippen LogP contribution in [0.4, 0.5) is 0 Å². The van der Waals surface area contributed by atoms with E-state index in [4.69, 9.17) is 16.7 Å². The van der Waals surface area contributed by atoms with E-state index >= 15 is 0 Å². The summed E-state index contributed by atoms with van der Waals surface area (Å²) in [6.45, 7) is 0.284. The minimum Gasteiger partial charge on any atom is -0.480 e. The maximum Gasteiger partial charge on any atom is 0.326 e. The fraction of sp³-hybridized carbons (Fsp3) is 0.333. The number of carboxylic acids is 1. The Balaban J connectivity index is 2.22. The minimum atomic E-state index is -1.00. The molecule has 1 aliphatic heterocycles. The van der Waals surface area contributed by atoms with Crippen LogP contribution in [-0.2, 0) is 4.79 Å². The highest BCUT2D eigenvalue weighted by Gasteiger charge is 2.39.